The zero-order valence-corrected chi connectivity index (χ0v) is 20.2. The highest BCUT2D eigenvalue weighted by Crippen LogP contribution is 2.21. The van der Waals surface area contributed by atoms with Crippen molar-refractivity contribution in [3.63, 3.8) is 0 Å². The minimum Gasteiger partial charge on any atom is -0.338 e. The van der Waals surface area contributed by atoms with Crippen LogP contribution in [0.5, 0.6) is 0 Å². The van der Waals surface area contributed by atoms with Crippen LogP contribution in [0.2, 0.25) is 0 Å². The quantitative estimate of drug-likeness (QED) is 0.310. The van der Waals surface area contributed by atoms with E-state index >= 15 is 0 Å². The molecular formula is C21H25FN6O4S2. The molecule has 0 saturated carbocycles. The summed E-state index contributed by atoms with van der Waals surface area (Å²) in [6, 6.07) is 13.5. The molecule has 2 aromatic carbocycles. The predicted octanol–water partition coefficient (Wildman–Crippen LogP) is 2.59. The van der Waals surface area contributed by atoms with Crippen molar-refractivity contribution in [2.75, 3.05) is 23.4 Å². The molecule has 182 valence electrons. The van der Waals surface area contributed by atoms with Gasteiger partial charge in [0.1, 0.15) is 0 Å². The van der Waals surface area contributed by atoms with Crippen molar-refractivity contribution in [1.29, 1.82) is 0 Å². The highest BCUT2D eigenvalue weighted by Gasteiger charge is 2.11. The van der Waals surface area contributed by atoms with Crippen LogP contribution in [0.25, 0.3) is 0 Å². The van der Waals surface area contributed by atoms with E-state index in [-0.39, 0.29) is 29.8 Å². The Bertz CT molecular complexity index is 1330. The van der Waals surface area contributed by atoms with Crippen LogP contribution in [0.4, 0.5) is 27.5 Å². The standard InChI is InChI=1S/C21H25FN6O4S2/c1-3-33(29,30)25-12-15-4-8-17(9-5-15)26-20-19(22)13-24-21(28-20)27-18-10-6-16(7-11-18)14-34(31,32)23-2/h4-11,13,23,25H,3,12,14H2,1-2H3,(H2,24,26,27,28). The average Bonchev–Trinajstić information content (AvgIpc) is 2.82. The molecule has 0 bridgehead atoms. The van der Waals surface area contributed by atoms with Crippen LogP contribution in [0, 0.1) is 5.82 Å². The van der Waals surface area contributed by atoms with Gasteiger partial charge in [-0.05, 0) is 49.4 Å². The fraction of sp³-hybridized carbons (Fsp3) is 0.238. The summed E-state index contributed by atoms with van der Waals surface area (Å²) in [6.45, 7) is 1.72. The van der Waals surface area contributed by atoms with Crippen LogP contribution < -0.4 is 20.1 Å². The zero-order chi connectivity index (χ0) is 24.8. The minimum atomic E-state index is -3.37. The SMILES string of the molecule is CCS(=O)(=O)NCc1ccc(Nc2nc(Nc3ccc(CS(=O)(=O)NC)cc3)ncc2F)cc1. The maximum absolute atomic E-state index is 14.3. The number of hydrogen-bond donors (Lipinski definition) is 4. The molecule has 0 amide bonds. The van der Waals surface area contributed by atoms with Crippen LogP contribution in [0.1, 0.15) is 18.1 Å². The summed E-state index contributed by atoms with van der Waals surface area (Å²) in [5.41, 5.74) is 2.51. The molecule has 1 heterocycles. The van der Waals surface area contributed by atoms with E-state index < -0.39 is 25.9 Å². The number of anilines is 4. The largest absolute Gasteiger partial charge is 0.338 e. The maximum Gasteiger partial charge on any atom is 0.229 e. The van der Waals surface area contributed by atoms with Crippen molar-refractivity contribution in [2.45, 2.75) is 19.2 Å². The molecule has 0 aliphatic heterocycles. The Kier molecular flexibility index (Phi) is 8.15. The average molecular weight is 509 g/mol. The summed E-state index contributed by atoms with van der Waals surface area (Å²) in [5.74, 6) is -0.705. The van der Waals surface area contributed by atoms with E-state index in [4.69, 9.17) is 0 Å². The van der Waals surface area contributed by atoms with E-state index in [0.717, 1.165) is 11.8 Å². The van der Waals surface area contributed by atoms with Crippen molar-refractivity contribution in [1.82, 2.24) is 19.4 Å². The predicted molar refractivity (Wildman–Crippen MR) is 129 cm³/mol. The van der Waals surface area contributed by atoms with Crippen LogP contribution in [0.15, 0.2) is 54.7 Å². The molecule has 34 heavy (non-hydrogen) atoms. The van der Waals surface area contributed by atoms with Gasteiger partial charge in [0.05, 0.1) is 17.7 Å². The number of nitrogens with zero attached hydrogens (tertiary/aromatic N) is 2. The smallest absolute Gasteiger partial charge is 0.229 e. The molecule has 0 saturated heterocycles. The molecule has 0 spiro atoms. The second kappa shape index (κ2) is 10.9. The van der Waals surface area contributed by atoms with Gasteiger partial charge in [-0.1, -0.05) is 24.3 Å². The fourth-order valence-electron chi connectivity index (χ4n) is 2.76. The van der Waals surface area contributed by atoms with Gasteiger partial charge in [-0.25, -0.2) is 35.7 Å². The van der Waals surface area contributed by atoms with Crippen LogP contribution in [-0.2, 0) is 32.3 Å². The van der Waals surface area contributed by atoms with E-state index in [1.165, 1.54) is 7.05 Å². The molecule has 4 N–H and O–H groups in total. The van der Waals surface area contributed by atoms with E-state index in [2.05, 4.69) is 30.0 Å². The van der Waals surface area contributed by atoms with Crippen LogP contribution in [-0.4, -0.2) is 39.6 Å². The topological polar surface area (TPSA) is 142 Å². The first-order valence-corrected chi connectivity index (χ1v) is 13.5. The number of benzene rings is 2. The molecule has 10 nitrogen and oxygen atoms in total. The lowest BCUT2D eigenvalue weighted by Crippen LogP contribution is -2.24. The lowest BCUT2D eigenvalue weighted by Gasteiger charge is -2.11. The lowest BCUT2D eigenvalue weighted by molar-refractivity contribution is 0.582. The Morgan fingerprint density at radius 1 is 0.853 bits per heavy atom. The van der Waals surface area contributed by atoms with Crippen molar-refractivity contribution in [3.05, 3.63) is 71.7 Å². The van der Waals surface area contributed by atoms with E-state index in [0.29, 0.717) is 16.9 Å². The Morgan fingerprint density at radius 2 is 1.44 bits per heavy atom. The van der Waals surface area contributed by atoms with Crippen LogP contribution in [0.3, 0.4) is 0 Å². The van der Waals surface area contributed by atoms with Gasteiger partial charge in [-0.3, -0.25) is 0 Å². The van der Waals surface area contributed by atoms with Crippen molar-refractivity contribution in [3.8, 4) is 0 Å². The second-order valence-corrected chi connectivity index (χ2v) is 11.2. The fourth-order valence-corrected chi connectivity index (χ4v) is 4.12. The van der Waals surface area contributed by atoms with Gasteiger partial charge >= 0.3 is 0 Å². The monoisotopic (exact) mass is 508 g/mol. The molecule has 1 aromatic heterocycles. The minimum absolute atomic E-state index is 0.00160. The van der Waals surface area contributed by atoms with Crippen molar-refractivity contribution >= 4 is 43.2 Å². The highest BCUT2D eigenvalue weighted by atomic mass is 32.2. The van der Waals surface area contributed by atoms with Gasteiger partial charge in [0, 0.05) is 17.9 Å². The van der Waals surface area contributed by atoms with Gasteiger partial charge in [0.2, 0.25) is 26.0 Å². The van der Waals surface area contributed by atoms with Crippen molar-refractivity contribution in [2.24, 2.45) is 0 Å². The lowest BCUT2D eigenvalue weighted by atomic mass is 10.2. The van der Waals surface area contributed by atoms with Gasteiger partial charge in [-0.15, -0.1) is 0 Å². The molecule has 13 heteroatoms. The van der Waals surface area contributed by atoms with Crippen LogP contribution >= 0.6 is 0 Å². The number of aromatic nitrogens is 2. The van der Waals surface area contributed by atoms with Crippen molar-refractivity contribution < 1.29 is 21.2 Å². The van der Waals surface area contributed by atoms with E-state index in [1.807, 2.05) is 0 Å². The summed E-state index contributed by atoms with van der Waals surface area (Å²) < 4.78 is 65.4. The maximum atomic E-state index is 14.3. The van der Waals surface area contributed by atoms with Gasteiger partial charge < -0.3 is 10.6 Å². The second-order valence-electron chi connectivity index (χ2n) is 7.22. The molecular weight excluding hydrogens is 483 g/mol. The summed E-state index contributed by atoms with van der Waals surface area (Å²) in [5, 5.41) is 5.82. The summed E-state index contributed by atoms with van der Waals surface area (Å²) in [6.07, 6.45) is 1.03. The molecule has 0 atom stereocenters. The first kappa shape index (κ1) is 25.5. The zero-order valence-electron chi connectivity index (χ0n) is 18.5. The Morgan fingerprint density at radius 3 is 2.03 bits per heavy atom. The van der Waals surface area contributed by atoms with E-state index in [9.17, 15) is 21.2 Å². The van der Waals surface area contributed by atoms with Gasteiger partial charge in [0.25, 0.3) is 0 Å². The Balaban J connectivity index is 1.66. The number of halogens is 1. The summed E-state index contributed by atoms with van der Waals surface area (Å²) in [4.78, 5) is 8.09. The molecule has 3 rings (SSSR count). The number of hydrogen-bond acceptors (Lipinski definition) is 8. The third-order valence-corrected chi connectivity index (χ3v) is 7.39. The molecule has 3 aromatic rings. The molecule has 0 fully saturated rings. The van der Waals surface area contributed by atoms with Gasteiger partial charge in [0.15, 0.2) is 11.6 Å². The molecule has 0 aliphatic rings. The van der Waals surface area contributed by atoms with Gasteiger partial charge in [-0.2, -0.15) is 4.98 Å². The first-order chi connectivity index (χ1) is 16.1. The first-order valence-electron chi connectivity index (χ1n) is 10.2. The number of rotatable bonds is 11. The summed E-state index contributed by atoms with van der Waals surface area (Å²) in [7, 11) is -5.31. The highest BCUT2D eigenvalue weighted by molar-refractivity contribution is 7.89. The molecule has 0 aliphatic carbocycles. The Hall–Kier alpha value is -3.13. The number of nitrogens with one attached hydrogen (secondary N) is 4. The third-order valence-electron chi connectivity index (χ3n) is 4.71. The molecule has 0 radical (unpaired) electrons. The number of sulfonamides is 2. The Labute approximate surface area is 198 Å². The summed E-state index contributed by atoms with van der Waals surface area (Å²) >= 11 is 0. The third kappa shape index (κ3) is 7.45. The van der Waals surface area contributed by atoms with E-state index in [1.54, 1.807) is 55.5 Å². The normalized spacial score (nSPS) is 11.9. The molecule has 0 unspecified atom stereocenters.